The van der Waals surface area contributed by atoms with E-state index in [2.05, 4.69) is 0 Å². The third-order valence-electron chi connectivity index (χ3n) is 1.80. The van der Waals surface area contributed by atoms with E-state index in [0.29, 0.717) is 19.3 Å². The predicted molar refractivity (Wildman–Crippen MR) is 36.2 cm³/mol. The van der Waals surface area contributed by atoms with E-state index in [9.17, 15) is 9.59 Å². The van der Waals surface area contributed by atoms with Gasteiger partial charge in [-0.3, -0.25) is 4.79 Å². The first-order chi connectivity index (χ1) is 5.18. The zero-order valence-electron chi connectivity index (χ0n) is 6.08. The van der Waals surface area contributed by atoms with E-state index in [1.807, 2.05) is 0 Å². The van der Waals surface area contributed by atoms with E-state index < -0.39 is 11.6 Å². The number of carboxylic acids is 1. The maximum absolute atomic E-state index is 10.5. The molecule has 1 atom stereocenters. The Labute approximate surface area is 64.2 Å². The van der Waals surface area contributed by atoms with Gasteiger partial charge in [-0.2, -0.15) is 0 Å². The van der Waals surface area contributed by atoms with Crippen LogP contribution >= 0.6 is 0 Å². The zero-order valence-corrected chi connectivity index (χ0v) is 6.08. The fourth-order valence-corrected chi connectivity index (χ4v) is 1.25. The highest BCUT2D eigenvalue weighted by Gasteiger charge is 2.37. The molecule has 0 saturated carbocycles. The molecular weight excluding hydrogens is 148 g/mol. The van der Waals surface area contributed by atoms with Gasteiger partial charge in [0.05, 0.1) is 6.42 Å². The normalized spacial score (nSPS) is 30.2. The fourth-order valence-electron chi connectivity index (χ4n) is 1.25. The number of ether oxygens (including phenoxy) is 1. The number of aldehydes is 1. The molecule has 11 heavy (non-hydrogen) atoms. The van der Waals surface area contributed by atoms with E-state index in [4.69, 9.17) is 9.84 Å². The summed E-state index contributed by atoms with van der Waals surface area (Å²) in [6.45, 7) is 0.492. The van der Waals surface area contributed by atoms with Crippen molar-refractivity contribution in [1.29, 1.82) is 0 Å². The second-order valence-corrected chi connectivity index (χ2v) is 2.71. The number of carbonyl (C=O) groups is 2. The van der Waals surface area contributed by atoms with E-state index in [1.165, 1.54) is 0 Å². The first-order valence-corrected chi connectivity index (χ1v) is 3.51. The molecule has 0 aromatic heterocycles. The Morgan fingerprint density at radius 2 is 2.45 bits per heavy atom. The third kappa shape index (κ3) is 1.77. The zero-order chi connectivity index (χ0) is 8.32. The second kappa shape index (κ2) is 3.00. The first-order valence-electron chi connectivity index (χ1n) is 3.51. The molecule has 0 aliphatic carbocycles. The topological polar surface area (TPSA) is 63.6 Å². The summed E-state index contributed by atoms with van der Waals surface area (Å²) in [6.07, 6.45) is 1.69. The van der Waals surface area contributed by atoms with Crippen molar-refractivity contribution in [3.63, 3.8) is 0 Å². The molecule has 0 radical (unpaired) electrons. The maximum atomic E-state index is 10.5. The molecule has 62 valence electrons. The van der Waals surface area contributed by atoms with Crippen molar-refractivity contribution < 1.29 is 19.4 Å². The maximum Gasteiger partial charge on any atom is 0.306 e. The smallest absolute Gasteiger partial charge is 0.306 e. The first kappa shape index (κ1) is 8.20. The fraction of sp³-hybridized carbons (Fsp3) is 0.714. The highest BCUT2D eigenvalue weighted by Crippen LogP contribution is 2.26. The van der Waals surface area contributed by atoms with E-state index in [1.54, 1.807) is 0 Å². The van der Waals surface area contributed by atoms with Crippen molar-refractivity contribution in [3.05, 3.63) is 0 Å². The second-order valence-electron chi connectivity index (χ2n) is 2.71. The van der Waals surface area contributed by atoms with Gasteiger partial charge in [-0.1, -0.05) is 0 Å². The summed E-state index contributed by atoms with van der Waals surface area (Å²) in [5.41, 5.74) is -1.02. The average Bonchev–Trinajstić information content (AvgIpc) is 2.36. The third-order valence-corrected chi connectivity index (χ3v) is 1.80. The summed E-state index contributed by atoms with van der Waals surface area (Å²) in [5, 5.41) is 8.43. The Balaban J connectivity index is 2.59. The van der Waals surface area contributed by atoms with Crippen LogP contribution in [-0.4, -0.2) is 29.6 Å². The molecule has 1 aliphatic heterocycles. The summed E-state index contributed by atoms with van der Waals surface area (Å²) in [6, 6.07) is 0. The molecule has 4 nitrogen and oxygen atoms in total. The van der Waals surface area contributed by atoms with Crippen LogP contribution < -0.4 is 0 Å². The van der Waals surface area contributed by atoms with Crippen LogP contribution in [-0.2, 0) is 14.3 Å². The van der Waals surface area contributed by atoms with Gasteiger partial charge in [-0.15, -0.1) is 0 Å². The van der Waals surface area contributed by atoms with Gasteiger partial charge in [0.2, 0.25) is 0 Å². The highest BCUT2D eigenvalue weighted by atomic mass is 16.5. The molecule has 1 aliphatic rings. The van der Waals surface area contributed by atoms with Crippen LogP contribution in [0.2, 0.25) is 0 Å². The van der Waals surface area contributed by atoms with E-state index in [-0.39, 0.29) is 6.42 Å². The Kier molecular flexibility index (Phi) is 2.24. The molecule has 1 fully saturated rings. The molecule has 0 spiro atoms. The standard InChI is InChI=1S/C7H10O4/c8-5-7(4-6(9)10)2-1-3-11-7/h5H,1-4H2,(H,9,10). The average molecular weight is 158 g/mol. The van der Waals surface area contributed by atoms with Gasteiger partial charge in [0.1, 0.15) is 5.60 Å². The Morgan fingerprint density at radius 3 is 2.82 bits per heavy atom. The molecule has 1 rings (SSSR count). The molecule has 1 saturated heterocycles. The monoisotopic (exact) mass is 158 g/mol. The quantitative estimate of drug-likeness (QED) is 0.596. The summed E-state index contributed by atoms with van der Waals surface area (Å²) < 4.78 is 5.05. The van der Waals surface area contributed by atoms with Gasteiger partial charge in [0, 0.05) is 6.61 Å². The summed E-state index contributed by atoms with van der Waals surface area (Å²) in [5.74, 6) is -0.987. The summed E-state index contributed by atoms with van der Waals surface area (Å²) >= 11 is 0. The predicted octanol–water partition coefficient (Wildman–Crippen LogP) is 0.209. The number of hydrogen-bond acceptors (Lipinski definition) is 3. The van der Waals surface area contributed by atoms with Crippen LogP contribution in [0, 0.1) is 0 Å². The lowest BCUT2D eigenvalue weighted by Crippen LogP contribution is -2.32. The minimum absolute atomic E-state index is 0.212. The summed E-state index contributed by atoms with van der Waals surface area (Å²) in [7, 11) is 0. The van der Waals surface area contributed by atoms with Gasteiger partial charge in [-0.05, 0) is 12.8 Å². The molecule has 1 heterocycles. The lowest BCUT2D eigenvalue weighted by atomic mass is 9.98. The van der Waals surface area contributed by atoms with Crippen LogP contribution in [0.15, 0.2) is 0 Å². The number of rotatable bonds is 3. The molecule has 1 N–H and O–H groups in total. The SMILES string of the molecule is O=CC1(CC(=O)O)CCCO1. The van der Waals surface area contributed by atoms with Crippen LogP contribution in [0.25, 0.3) is 0 Å². The van der Waals surface area contributed by atoms with Gasteiger partial charge in [-0.25, -0.2) is 0 Å². The molecule has 0 aromatic rings. The number of carbonyl (C=O) groups excluding carboxylic acids is 1. The van der Waals surface area contributed by atoms with Crippen LogP contribution in [0.3, 0.4) is 0 Å². The molecule has 0 bridgehead atoms. The van der Waals surface area contributed by atoms with Crippen molar-refractivity contribution in [2.24, 2.45) is 0 Å². The molecular formula is C7H10O4. The Hall–Kier alpha value is -0.900. The van der Waals surface area contributed by atoms with Gasteiger partial charge in [0.15, 0.2) is 6.29 Å². The lowest BCUT2D eigenvalue weighted by Gasteiger charge is -2.17. The van der Waals surface area contributed by atoms with Crippen molar-refractivity contribution in [1.82, 2.24) is 0 Å². The van der Waals surface area contributed by atoms with E-state index >= 15 is 0 Å². The molecule has 0 amide bonds. The van der Waals surface area contributed by atoms with Crippen LogP contribution in [0.5, 0.6) is 0 Å². The minimum atomic E-state index is -1.02. The number of aliphatic carboxylic acids is 1. The van der Waals surface area contributed by atoms with Gasteiger partial charge >= 0.3 is 5.97 Å². The number of carboxylic acid groups (broad SMARTS) is 1. The number of hydrogen-bond donors (Lipinski definition) is 1. The molecule has 4 heteroatoms. The van der Waals surface area contributed by atoms with Crippen LogP contribution in [0.1, 0.15) is 19.3 Å². The molecule has 1 unspecified atom stereocenters. The minimum Gasteiger partial charge on any atom is -0.481 e. The van der Waals surface area contributed by atoms with Crippen LogP contribution in [0.4, 0.5) is 0 Å². The van der Waals surface area contributed by atoms with Gasteiger partial charge < -0.3 is 14.6 Å². The largest absolute Gasteiger partial charge is 0.481 e. The van der Waals surface area contributed by atoms with Crippen molar-refractivity contribution in [2.45, 2.75) is 24.9 Å². The van der Waals surface area contributed by atoms with Crippen molar-refractivity contribution in [2.75, 3.05) is 6.61 Å². The van der Waals surface area contributed by atoms with Gasteiger partial charge in [0.25, 0.3) is 0 Å². The Bertz CT molecular complexity index is 169. The summed E-state index contributed by atoms with van der Waals surface area (Å²) in [4.78, 5) is 20.8. The van der Waals surface area contributed by atoms with Crippen molar-refractivity contribution in [3.8, 4) is 0 Å². The van der Waals surface area contributed by atoms with Crippen molar-refractivity contribution >= 4 is 12.3 Å². The highest BCUT2D eigenvalue weighted by molar-refractivity contribution is 5.76. The van der Waals surface area contributed by atoms with E-state index in [0.717, 1.165) is 6.42 Å². The lowest BCUT2D eigenvalue weighted by molar-refractivity contribution is -0.147. The Morgan fingerprint density at radius 1 is 1.73 bits per heavy atom. The molecule has 0 aromatic carbocycles.